The van der Waals surface area contributed by atoms with Crippen LogP contribution in [-0.4, -0.2) is 35.9 Å². The minimum atomic E-state index is -3.76. The summed E-state index contributed by atoms with van der Waals surface area (Å²) in [6, 6.07) is 19.4. The van der Waals surface area contributed by atoms with Gasteiger partial charge in [0.1, 0.15) is 0 Å². The van der Waals surface area contributed by atoms with Crippen molar-refractivity contribution in [2.75, 3.05) is 11.9 Å². The molecule has 37 heavy (non-hydrogen) atoms. The summed E-state index contributed by atoms with van der Waals surface area (Å²) in [5.74, 6) is 1.10. The number of carbonyl (C=O) groups excluding carboxylic acids is 1. The fraction of sp³-hybridized carbons (Fsp3) is 0.310. The summed E-state index contributed by atoms with van der Waals surface area (Å²) in [5, 5.41) is 7.23. The Kier molecular flexibility index (Phi) is 7.13. The van der Waals surface area contributed by atoms with Gasteiger partial charge in [-0.05, 0) is 85.2 Å². The number of anilines is 1. The molecule has 4 aromatic rings. The van der Waals surface area contributed by atoms with E-state index in [1.807, 2.05) is 30.3 Å². The molecule has 2 aromatic carbocycles. The van der Waals surface area contributed by atoms with Gasteiger partial charge in [0.15, 0.2) is 5.65 Å². The second-order valence-electron chi connectivity index (χ2n) is 10.1. The van der Waals surface area contributed by atoms with Gasteiger partial charge in [-0.3, -0.25) is 4.79 Å². The maximum absolute atomic E-state index is 13.2. The van der Waals surface area contributed by atoms with E-state index in [1.165, 1.54) is 16.8 Å². The van der Waals surface area contributed by atoms with Crippen molar-refractivity contribution < 1.29 is 13.2 Å². The first-order valence-corrected chi connectivity index (χ1v) is 14.2. The van der Waals surface area contributed by atoms with E-state index in [-0.39, 0.29) is 16.8 Å². The Labute approximate surface area is 218 Å². The molecule has 1 atom stereocenters. The van der Waals surface area contributed by atoms with Crippen LogP contribution in [0.2, 0.25) is 0 Å². The van der Waals surface area contributed by atoms with Gasteiger partial charge >= 0.3 is 0 Å². The van der Waals surface area contributed by atoms with Gasteiger partial charge in [0.05, 0.1) is 10.9 Å². The topological polar surface area (TPSA) is 93.1 Å². The van der Waals surface area contributed by atoms with Crippen molar-refractivity contribution in [3.05, 3.63) is 79.1 Å². The molecule has 1 fully saturated rings. The third-order valence-electron chi connectivity index (χ3n) is 6.69. The monoisotopic (exact) mass is 516 g/mol. The molecule has 1 amide bonds. The van der Waals surface area contributed by atoms with E-state index in [0.29, 0.717) is 17.5 Å². The highest BCUT2D eigenvalue weighted by atomic mass is 32.2. The van der Waals surface area contributed by atoms with Gasteiger partial charge < -0.3 is 10.6 Å². The first kappa shape index (κ1) is 25.2. The second-order valence-corrected chi connectivity index (χ2v) is 11.9. The van der Waals surface area contributed by atoms with Gasteiger partial charge in [0, 0.05) is 23.5 Å². The third-order valence-corrected chi connectivity index (χ3v) is 8.37. The highest BCUT2D eigenvalue weighted by molar-refractivity contribution is 7.90. The van der Waals surface area contributed by atoms with E-state index in [1.54, 1.807) is 48.8 Å². The van der Waals surface area contributed by atoms with Gasteiger partial charge in [0.25, 0.3) is 10.0 Å². The van der Waals surface area contributed by atoms with Gasteiger partial charge in [-0.25, -0.2) is 17.4 Å². The van der Waals surface area contributed by atoms with Crippen LogP contribution in [0.15, 0.2) is 84.0 Å². The summed E-state index contributed by atoms with van der Waals surface area (Å²) in [7, 11) is -3.76. The maximum atomic E-state index is 13.2. The number of benzene rings is 2. The Morgan fingerprint density at radius 1 is 1.03 bits per heavy atom. The number of pyridine rings is 1. The fourth-order valence-electron chi connectivity index (χ4n) is 4.51. The first-order valence-electron chi connectivity index (χ1n) is 12.7. The lowest BCUT2D eigenvalue weighted by atomic mass is 10.0. The molecule has 1 aliphatic rings. The average molecular weight is 517 g/mol. The highest BCUT2D eigenvalue weighted by Crippen LogP contribution is 2.31. The largest absolute Gasteiger partial charge is 0.325 e. The highest BCUT2D eigenvalue weighted by Gasteiger charge is 2.26. The van der Waals surface area contributed by atoms with Gasteiger partial charge in [0.2, 0.25) is 5.91 Å². The van der Waals surface area contributed by atoms with Crippen LogP contribution in [0.3, 0.4) is 0 Å². The number of nitrogens with one attached hydrogen (secondary N) is 2. The summed E-state index contributed by atoms with van der Waals surface area (Å²) < 4.78 is 27.6. The fourth-order valence-corrected chi connectivity index (χ4v) is 5.84. The molecule has 0 radical (unpaired) electrons. The second kappa shape index (κ2) is 10.5. The molecular weight excluding hydrogens is 484 g/mol. The lowest BCUT2D eigenvalue weighted by Gasteiger charge is -2.20. The molecule has 192 valence electrons. The number of rotatable bonds is 10. The van der Waals surface area contributed by atoms with Crippen LogP contribution >= 0.6 is 0 Å². The van der Waals surface area contributed by atoms with Crippen molar-refractivity contribution in [2.24, 2.45) is 11.8 Å². The summed E-state index contributed by atoms with van der Waals surface area (Å²) in [6.45, 7) is 5.14. The number of amides is 1. The minimum Gasteiger partial charge on any atom is -0.325 e. The Balaban J connectivity index is 1.36. The zero-order valence-corrected chi connectivity index (χ0v) is 21.9. The molecule has 2 N–H and O–H groups in total. The van der Waals surface area contributed by atoms with E-state index in [9.17, 15) is 13.2 Å². The summed E-state index contributed by atoms with van der Waals surface area (Å²) in [4.78, 5) is 17.6. The summed E-state index contributed by atoms with van der Waals surface area (Å²) in [6.07, 6.45) is 6.44. The number of hydrogen-bond donors (Lipinski definition) is 2. The summed E-state index contributed by atoms with van der Waals surface area (Å²) in [5.41, 5.74) is 2.88. The molecular formula is C29H32N4O3S. The molecule has 5 rings (SSSR count). The molecule has 7 nitrogen and oxygen atoms in total. The first-order chi connectivity index (χ1) is 17.8. The van der Waals surface area contributed by atoms with E-state index in [2.05, 4.69) is 29.5 Å². The van der Waals surface area contributed by atoms with Crippen LogP contribution in [0, 0.1) is 11.8 Å². The van der Waals surface area contributed by atoms with Gasteiger partial charge in [-0.15, -0.1) is 0 Å². The Hall–Kier alpha value is -3.49. The van der Waals surface area contributed by atoms with Crippen LogP contribution in [0.5, 0.6) is 0 Å². The number of aromatic nitrogens is 2. The molecule has 0 saturated heterocycles. The van der Waals surface area contributed by atoms with Crippen LogP contribution in [0.1, 0.15) is 33.1 Å². The zero-order chi connectivity index (χ0) is 26.0. The number of carbonyl (C=O) groups is 1. The number of fused-ring (bicyclic) bond motifs is 1. The van der Waals surface area contributed by atoms with Crippen LogP contribution in [0.25, 0.3) is 22.2 Å². The van der Waals surface area contributed by atoms with Crippen molar-refractivity contribution in [3.8, 4) is 11.1 Å². The van der Waals surface area contributed by atoms with Crippen LogP contribution in [-0.2, 0) is 14.8 Å². The molecule has 8 heteroatoms. The average Bonchev–Trinajstić information content (AvgIpc) is 3.62. The predicted molar refractivity (Wildman–Crippen MR) is 147 cm³/mol. The molecule has 1 saturated carbocycles. The van der Waals surface area contributed by atoms with Crippen molar-refractivity contribution in [1.29, 1.82) is 0 Å². The van der Waals surface area contributed by atoms with Crippen molar-refractivity contribution >= 4 is 32.7 Å². The molecule has 0 bridgehead atoms. The standard InChI is InChI=1S/C29H32N4O3S/c1-20(2)18-27(31-19-21-8-9-21)29(34)32-23-12-10-22(11-13-23)25-14-16-30-28-26(25)15-17-33(28)37(35,36)24-6-4-3-5-7-24/h3-7,10-17,20-21,27,31H,8-9,18-19H2,1-2H3,(H,32,34)/t27-/m1/s1. The minimum absolute atomic E-state index is 0.0170. The smallest absolute Gasteiger partial charge is 0.269 e. The van der Waals surface area contributed by atoms with Crippen molar-refractivity contribution in [2.45, 2.75) is 44.0 Å². The summed E-state index contributed by atoms with van der Waals surface area (Å²) >= 11 is 0. The Morgan fingerprint density at radius 3 is 2.43 bits per heavy atom. The Bertz CT molecular complexity index is 1490. The lowest BCUT2D eigenvalue weighted by Crippen LogP contribution is -2.42. The zero-order valence-electron chi connectivity index (χ0n) is 21.1. The van der Waals surface area contributed by atoms with E-state index in [0.717, 1.165) is 35.2 Å². The number of hydrogen-bond acceptors (Lipinski definition) is 5. The van der Waals surface area contributed by atoms with Gasteiger partial charge in [-0.1, -0.05) is 44.2 Å². The van der Waals surface area contributed by atoms with Crippen molar-refractivity contribution in [1.82, 2.24) is 14.3 Å². The predicted octanol–water partition coefficient (Wildman–Crippen LogP) is 5.29. The van der Waals surface area contributed by atoms with E-state index in [4.69, 9.17) is 0 Å². The molecule has 2 aromatic heterocycles. The molecule has 2 heterocycles. The SMILES string of the molecule is CC(C)C[C@@H](NCC1CC1)C(=O)Nc1ccc(-c2ccnc3c2ccn3S(=O)(=O)c2ccccc2)cc1. The van der Waals surface area contributed by atoms with Crippen LogP contribution in [0.4, 0.5) is 5.69 Å². The van der Waals surface area contributed by atoms with E-state index < -0.39 is 10.0 Å². The molecule has 0 spiro atoms. The molecule has 0 unspecified atom stereocenters. The maximum Gasteiger partial charge on any atom is 0.269 e. The third kappa shape index (κ3) is 5.60. The van der Waals surface area contributed by atoms with Crippen LogP contribution < -0.4 is 10.6 Å². The lowest BCUT2D eigenvalue weighted by molar-refractivity contribution is -0.118. The quantitative estimate of drug-likeness (QED) is 0.299. The normalized spacial score (nSPS) is 14.7. The van der Waals surface area contributed by atoms with Crippen molar-refractivity contribution in [3.63, 3.8) is 0 Å². The Morgan fingerprint density at radius 2 is 1.76 bits per heavy atom. The molecule has 0 aliphatic heterocycles. The molecule has 1 aliphatic carbocycles. The number of nitrogens with zero attached hydrogens (tertiary/aromatic N) is 2. The van der Waals surface area contributed by atoms with Gasteiger partial charge in [-0.2, -0.15) is 0 Å². The van der Waals surface area contributed by atoms with E-state index >= 15 is 0 Å².